The van der Waals surface area contributed by atoms with Gasteiger partial charge >= 0.3 is 0 Å². The zero-order chi connectivity index (χ0) is 17.9. The maximum absolute atomic E-state index is 11.0. The Hall–Kier alpha value is -0.340. The lowest BCUT2D eigenvalue weighted by Gasteiger charge is -2.19. The molecule has 24 heavy (non-hydrogen) atoms. The van der Waals surface area contributed by atoms with Crippen molar-refractivity contribution >= 4 is 17.9 Å². The molecule has 142 valence electrons. The molecule has 0 fully saturated rings. The average molecular weight is 359 g/mol. The highest BCUT2D eigenvalue weighted by atomic mass is 35.5. The van der Waals surface area contributed by atoms with Gasteiger partial charge in [0.15, 0.2) is 6.29 Å². The summed E-state index contributed by atoms with van der Waals surface area (Å²) < 4.78 is 5.59. The van der Waals surface area contributed by atoms with Gasteiger partial charge in [0.25, 0.3) is 0 Å². The number of carbonyl (C=O) groups excluding carboxylic acids is 1. The van der Waals surface area contributed by atoms with Gasteiger partial charge in [0.05, 0.1) is 0 Å². The van der Waals surface area contributed by atoms with Crippen molar-refractivity contribution in [2.45, 2.75) is 109 Å². The molecule has 1 unspecified atom stereocenters. The fourth-order valence-electron chi connectivity index (χ4n) is 2.84. The average Bonchev–Trinajstić information content (AvgIpc) is 2.58. The number of halogens is 1. The summed E-state index contributed by atoms with van der Waals surface area (Å²) in [7, 11) is 0. The molecule has 0 aliphatic carbocycles. The van der Waals surface area contributed by atoms with E-state index in [1.807, 2.05) is 0 Å². The molecule has 2 nitrogen and oxygen atoms in total. The predicted molar refractivity (Wildman–Crippen MR) is 106 cm³/mol. The predicted octanol–water partition coefficient (Wildman–Crippen LogP) is 7.19. The molecule has 0 aromatic rings. The van der Waals surface area contributed by atoms with Crippen LogP contribution in [-0.2, 0) is 9.53 Å². The quantitative estimate of drug-likeness (QED) is 0.191. The van der Waals surface area contributed by atoms with Crippen LogP contribution in [0.2, 0.25) is 0 Å². The second-order valence-electron chi connectivity index (χ2n) is 7.04. The van der Waals surface area contributed by atoms with Crippen molar-refractivity contribution in [1.29, 1.82) is 0 Å². The Morgan fingerprint density at radius 3 is 1.58 bits per heavy atom. The number of carbonyl (C=O) groups is 1. The van der Waals surface area contributed by atoms with E-state index in [2.05, 4.69) is 6.92 Å². The van der Waals surface area contributed by atoms with Crippen LogP contribution in [0.1, 0.15) is 104 Å². The molecule has 1 atom stereocenters. The second-order valence-corrected chi connectivity index (χ2v) is 7.29. The maximum Gasteiger partial charge on any atom is 0.155 e. The van der Waals surface area contributed by atoms with E-state index in [1.165, 1.54) is 89.0 Å². The minimum Gasteiger partial charge on any atom is -0.364 e. The molecule has 0 bridgehead atoms. The SMILES string of the molecule is CCCCCCCCCCCCCCCCOC(C)(C=O)C=CCl. The summed E-state index contributed by atoms with van der Waals surface area (Å²) in [6, 6.07) is 0. The van der Waals surface area contributed by atoms with Crippen molar-refractivity contribution in [1.82, 2.24) is 0 Å². The number of hydrogen-bond donors (Lipinski definition) is 0. The highest BCUT2D eigenvalue weighted by Gasteiger charge is 2.19. The second kappa shape index (κ2) is 17.5. The summed E-state index contributed by atoms with van der Waals surface area (Å²) in [6.07, 6.45) is 21.2. The van der Waals surface area contributed by atoms with Crippen molar-refractivity contribution in [3.8, 4) is 0 Å². The first-order valence-electron chi connectivity index (χ1n) is 10.1. The molecule has 0 rings (SSSR count). The van der Waals surface area contributed by atoms with Gasteiger partial charge in [-0.2, -0.15) is 0 Å². The monoisotopic (exact) mass is 358 g/mol. The van der Waals surface area contributed by atoms with Crippen LogP contribution < -0.4 is 0 Å². The van der Waals surface area contributed by atoms with Crippen LogP contribution in [0.15, 0.2) is 11.6 Å². The smallest absolute Gasteiger partial charge is 0.155 e. The molecular formula is C21H39ClO2. The molecule has 0 N–H and O–H groups in total. The van der Waals surface area contributed by atoms with E-state index in [4.69, 9.17) is 16.3 Å². The summed E-state index contributed by atoms with van der Waals surface area (Å²) in [5.41, 5.74) is 0.484. The van der Waals surface area contributed by atoms with E-state index in [1.54, 1.807) is 13.0 Å². The fourth-order valence-corrected chi connectivity index (χ4v) is 3.09. The molecule has 0 spiro atoms. The molecular weight excluding hydrogens is 320 g/mol. The van der Waals surface area contributed by atoms with Crippen molar-refractivity contribution < 1.29 is 9.53 Å². The zero-order valence-electron chi connectivity index (χ0n) is 16.0. The van der Waals surface area contributed by atoms with Crippen molar-refractivity contribution in [3.63, 3.8) is 0 Å². The Kier molecular flexibility index (Phi) is 17.2. The number of ether oxygens (including phenoxy) is 1. The van der Waals surface area contributed by atoms with Crippen molar-refractivity contribution in [2.24, 2.45) is 0 Å². The van der Waals surface area contributed by atoms with Gasteiger partial charge in [-0.3, -0.25) is 4.79 Å². The number of rotatable bonds is 18. The first kappa shape index (κ1) is 23.7. The van der Waals surface area contributed by atoms with Crippen molar-refractivity contribution in [3.05, 3.63) is 11.6 Å². The number of aldehydes is 1. The van der Waals surface area contributed by atoms with Crippen LogP contribution >= 0.6 is 11.6 Å². The first-order valence-corrected chi connectivity index (χ1v) is 10.5. The van der Waals surface area contributed by atoms with E-state index in [9.17, 15) is 4.79 Å². The van der Waals surface area contributed by atoms with Crippen LogP contribution in [0.5, 0.6) is 0 Å². The van der Waals surface area contributed by atoms with Gasteiger partial charge in [0.2, 0.25) is 0 Å². The molecule has 0 saturated heterocycles. The Labute approximate surface area is 155 Å². The lowest BCUT2D eigenvalue weighted by molar-refractivity contribution is -0.123. The first-order chi connectivity index (χ1) is 11.7. The summed E-state index contributed by atoms with van der Waals surface area (Å²) in [6.45, 7) is 4.63. The molecule has 0 radical (unpaired) electrons. The van der Waals surface area contributed by atoms with E-state index < -0.39 is 5.60 Å². The highest BCUT2D eigenvalue weighted by Crippen LogP contribution is 2.14. The minimum atomic E-state index is -0.863. The number of hydrogen-bond acceptors (Lipinski definition) is 2. The molecule has 0 aromatic heterocycles. The molecule has 0 amide bonds. The van der Waals surface area contributed by atoms with Gasteiger partial charge in [0, 0.05) is 12.1 Å². The molecule has 0 aliphatic heterocycles. The molecule has 3 heteroatoms. The summed E-state index contributed by atoms with van der Waals surface area (Å²) in [5, 5.41) is 0. The lowest BCUT2D eigenvalue weighted by Crippen LogP contribution is -2.28. The van der Waals surface area contributed by atoms with Gasteiger partial charge in [-0.05, 0) is 19.4 Å². The van der Waals surface area contributed by atoms with Gasteiger partial charge in [-0.25, -0.2) is 0 Å². The largest absolute Gasteiger partial charge is 0.364 e. The van der Waals surface area contributed by atoms with E-state index in [0.717, 1.165) is 12.7 Å². The van der Waals surface area contributed by atoms with Crippen LogP contribution in [0.25, 0.3) is 0 Å². The third-order valence-corrected chi connectivity index (χ3v) is 4.66. The van der Waals surface area contributed by atoms with E-state index in [-0.39, 0.29) is 0 Å². The Balaban J connectivity index is 3.24. The van der Waals surface area contributed by atoms with Crippen LogP contribution in [0.4, 0.5) is 0 Å². The van der Waals surface area contributed by atoms with E-state index >= 15 is 0 Å². The van der Waals surface area contributed by atoms with Crippen LogP contribution in [0.3, 0.4) is 0 Å². The van der Waals surface area contributed by atoms with Crippen LogP contribution in [0, 0.1) is 0 Å². The highest BCUT2D eigenvalue weighted by molar-refractivity contribution is 6.25. The molecule has 0 saturated carbocycles. The normalized spacial score (nSPS) is 14.1. The van der Waals surface area contributed by atoms with Gasteiger partial charge in [0.1, 0.15) is 5.60 Å². The summed E-state index contributed by atoms with van der Waals surface area (Å²) in [5.74, 6) is 0. The third-order valence-electron chi connectivity index (χ3n) is 4.54. The summed E-state index contributed by atoms with van der Waals surface area (Å²) >= 11 is 5.52. The lowest BCUT2D eigenvalue weighted by atomic mass is 10.0. The van der Waals surface area contributed by atoms with Gasteiger partial charge in [-0.1, -0.05) is 102 Å². The number of unbranched alkanes of at least 4 members (excludes halogenated alkanes) is 13. The summed E-state index contributed by atoms with van der Waals surface area (Å²) in [4.78, 5) is 11.0. The Morgan fingerprint density at radius 2 is 1.21 bits per heavy atom. The van der Waals surface area contributed by atoms with Gasteiger partial charge < -0.3 is 4.74 Å². The Bertz CT molecular complexity index is 304. The zero-order valence-corrected chi connectivity index (χ0v) is 16.8. The third kappa shape index (κ3) is 15.2. The molecule has 0 aromatic carbocycles. The van der Waals surface area contributed by atoms with E-state index in [0.29, 0.717) is 6.61 Å². The topological polar surface area (TPSA) is 26.3 Å². The fraction of sp³-hybridized carbons (Fsp3) is 0.857. The van der Waals surface area contributed by atoms with Gasteiger partial charge in [-0.15, -0.1) is 0 Å². The molecule has 0 heterocycles. The Morgan fingerprint density at radius 1 is 0.792 bits per heavy atom. The molecule has 0 aliphatic rings. The van der Waals surface area contributed by atoms with Crippen LogP contribution in [-0.4, -0.2) is 18.5 Å². The maximum atomic E-state index is 11.0. The minimum absolute atomic E-state index is 0.620. The van der Waals surface area contributed by atoms with Crippen molar-refractivity contribution in [2.75, 3.05) is 6.61 Å². The standard InChI is InChI=1S/C21H39ClO2/c1-3-4-5-6-7-8-9-10-11-12-13-14-15-16-19-24-21(2,20-23)17-18-22/h17-18,20H,3-16,19H2,1-2H3.